The lowest BCUT2D eigenvalue weighted by Gasteiger charge is -2.19. The Morgan fingerprint density at radius 3 is 2.88 bits per heavy atom. The summed E-state index contributed by atoms with van der Waals surface area (Å²) >= 11 is 1.93. The van der Waals surface area contributed by atoms with Crippen molar-refractivity contribution in [1.82, 2.24) is 5.32 Å². The maximum Gasteiger partial charge on any atom is 0.162 e. The fourth-order valence-electron chi connectivity index (χ4n) is 2.02. The van der Waals surface area contributed by atoms with Crippen LogP contribution in [-0.2, 0) is 0 Å². The molecule has 0 amide bonds. The Labute approximate surface area is 99.5 Å². The van der Waals surface area contributed by atoms with Gasteiger partial charge in [-0.25, -0.2) is 0 Å². The first-order valence-corrected chi connectivity index (χ1v) is 6.57. The van der Waals surface area contributed by atoms with Crippen molar-refractivity contribution < 1.29 is 9.47 Å². The third-order valence-electron chi connectivity index (χ3n) is 2.83. The normalized spacial score (nSPS) is 23.4. The van der Waals surface area contributed by atoms with E-state index in [1.54, 1.807) is 0 Å². The Hall–Kier alpha value is -0.870. The Balaban J connectivity index is 1.74. The highest BCUT2D eigenvalue weighted by atomic mass is 32.2. The molecule has 0 aromatic heterocycles. The molecule has 3 nitrogen and oxygen atoms in total. The summed E-state index contributed by atoms with van der Waals surface area (Å²) in [6.45, 7) is 3.57. The van der Waals surface area contributed by atoms with Crippen LogP contribution in [0.1, 0.15) is 6.42 Å². The molecule has 4 heteroatoms. The molecule has 0 bridgehead atoms. The standard InChI is InChI=1S/C12H15NO2S/c1-2-11-12(15-6-5-14-11)7-9(1)16-10-3-4-13-8-10/h1-2,7,10,13H,3-6,8H2. The molecule has 0 spiro atoms. The van der Waals surface area contributed by atoms with Gasteiger partial charge in [0, 0.05) is 16.7 Å². The first-order chi connectivity index (χ1) is 7.92. The van der Waals surface area contributed by atoms with Gasteiger partial charge in [0.15, 0.2) is 11.5 Å². The van der Waals surface area contributed by atoms with Gasteiger partial charge in [-0.15, -0.1) is 11.8 Å². The molecule has 0 saturated carbocycles. The molecule has 1 saturated heterocycles. The molecule has 86 valence electrons. The first kappa shape index (κ1) is 10.3. The summed E-state index contributed by atoms with van der Waals surface area (Å²) < 4.78 is 11.1. The molecular formula is C12H15NO2S. The Bertz CT molecular complexity index is 377. The molecule has 2 heterocycles. The summed E-state index contributed by atoms with van der Waals surface area (Å²) in [6.07, 6.45) is 1.25. The minimum atomic E-state index is 0.659. The van der Waals surface area contributed by atoms with Crippen molar-refractivity contribution in [3.05, 3.63) is 18.2 Å². The number of benzene rings is 1. The number of thioether (sulfide) groups is 1. The van der Waals surface area contributed by atoms with Gasteiger partial charge < -0.3 is 14.8 Å². The molecule has 1 aromatic carbocycles. The first-order valence-electron chi connectivity index (χ1n) is 5.69. The van der Waals surface area contributed by atoms with Gasteiger partial charge >= 0.3 is 0 Å². The maximum absolute atomic E-state index is 5.57. The fourth-order valence-corrected chi connectivity index (χ4v) is 3.16. The van der Waals surface area contributed by atoms with Crippen LogP contribution in [0.3, 0.4) is 0 Å². The summed E-state index contributed by atoms with van der Waals surface area (Å²) in [5, 5.41) is 4.07. The molecule has 3 rings (SSSR count). The highest BCUT2D eigenvalue weighted by Gasteiger charge is 2.17. The van der Waals surface area contributed by atoms with Crippen LogP contribution in [0.25, 0.3) is 0 Å². The quantitative estimate of drug-likeness (QED) is 0.851. The molecule has 1 aromatic rings. The van der Waals surface area contributed by atoms with Crippen molar-refractivity contribution in [2.45, 2.75) is 16.6 Å². The minimum Gasteiger partial charge on any atom is -0.486 e. The molecule has 16 heavy (non-hydrogen) atoms. The lowest BCUT2D eigenvalue weighted by molar-refractivity contribution is 0.171. The fraction of sp³-hybridized carbons (Fsp3) is 0.500. The number of ether oxygens (including phenoxy) is 2. The van der Waals surface area contributed by atoms with Gasteiger partial charge in [-0.3, -0.25) is 0 Å². The van der Waals surface area contributed by atoms with E-state index in [1.165, 1.54) is 11.3 Å². The predicted octanol–water partition coefficient (Wildman–Crippen LogP) is 1.91. The Morgan fingerprint density at radius 2 is 2.06 bits per heavy atom. The van der Waals surface area contributed by atoms with Gasteiger partial charge in [0.1, 0.15) is 13.2 Å². The number of nitrogens with one attached hydrogen (secondary N) is 1. The smallest absolute Gasteiger partial charge is 0.162 e. The largest absolute Gasteiger partial charge is 0.486 e. The second-order valence-corrected chi connectivity index (χ2v) is 5.41. The van der Waals surface area contributed by atoms with E-state index >= 15 is 0 Å². The zero-order valence-corrected chi connectivity index (χ0v) is 9.89. The molecule has 2 aliphatic rings. The Kier molecular flexibility index (Phi) is 2.93. The van der Waals surface area contributed by atoms with E-state index < -0.39 is 0 Å². The number of rotatable bonds is 2. The lowest BCUT2D eigenvalue weighted by Crippen LogP contribution is -2.15. The highest BCUT2D eigenvalue weighted by Crippen LogP contribution is 2.36. The van der Waals surface area contributed by atoms with Crippen molar-refractivity contribution in [2.24, 2.45) is 0 Å². The van der Waals surface area contributed by atoms with Gasteiger partial charge in [-0.1, -0.05) is 0 Å². The number of fused-ring (bicyclic) bond motifs is 1. The van der Waals surface area contributed by atoms with Gasteiger partial charge in [-0.05, 0) is 31.2 Å². The summed E-state index contributed by atoms with van der Waals surface area (Å²) in [5.41, 5.74) is 0. The lowest BCUT2D eigenvalue weighted by atomic mass is 10.3. The summed E-state index contributed by atoms with van der Waals surface area (Å²) in [5.74, 6) is 1.77. The summed E-state index contributed by atoms with van der Waals surface area (Å²) in [7, 11) is 0. The SMILES string of the molecule is c1cc2c(cc1SC1CCNC1)OCCO2. The van der Waals surface area contributed by atoms with E-state index in [2.05, 4.69) is 17.4 Å². The molecule has 1 fully saturated rings. The van der Waals surface area contributed by atoms with Crippen LogP contribution in [0.5, 0.6) is 11.5 Å². The van der Waals surface area contributed by atoms with Crippen molar-refractivity contribution in [3.8, 4) is 11.5 Å². The molecule has 0 aliphatic carbocycles. The van der Waals surface area contributed by atoms with Crippen molar-refractivity contribution >= 4 is 11.8 Å². The molecule has 2 aliphatic heterocycles. The van der Waals surface area contributed by atoms with Crippen LogP contribution in [-0.4, -0.2) is 31.6 Å². The monoisotopic (exact) mass is 237 g/mol. The van der Waals surface area contributed by atoms with E-state index in [0.717, 1.165) is 24.6 Å². The minimum absolute atomic E-state index is 0.659. The summed E-state index contributed by atoms with van der Waals surface area (Å²) in [6, 6.07) is 6.23. The van der Waals surface area contributed by atoms with E-state index in [-0.39, 0.29) is 0 Å². The van der Waals surface area contributed by atoms with Gasteiger partial charge in [-0.2, -0.15) is 0 Å². The molecule has 0 radical (unpaired) electrons. The number of hydrogen-bond acceptors (Lipinski definition) is 4. The molecular weight excluding hydrogens is 222 g/mol. The Morgan fingerprint density at radius 1 is 1.19 bits per heavy atom. The second kappa shape index (κ2) is 4.55. The molecule has 1 N–H and O–H groups in total. The van der Waals surface area contributed by atoms with Crippen LogP contribution in [0, 0.1) is 0 Å². The van der Waals surface area contributed by atoms with Crippen LogP contribution in [0.15, 0.2) is 23.1 Å². The van der Waals surface area contributed by atoms with E-state index in [9.17, 15) is 0 Å². The zero-order valence-electron chi connectivity index (χ0n) is 9.07. The number of hydrogen-bond donors (Lipinski definition) is 1. The van der Waals surface area contributed by atoms with Gasteiger partial charge in [0.05, 0.1) is 0 Å². The van der Waals surface area contributed by atoms with E-state index in [4.69, 9.17) is 9.47 Å². The van der Waals surface area contributed by atoms with Crippen LogP contribution in [0.2, 0.25) is 0 Å². The molecule has 1 atom stereocenters. The second-order valence-electron chi connectivity index (χ2n) is 4.04. The van der Waals surface area contributed by atoms with E-state index in [1.807, 2.05) is 17.8 Å². The zero-order chi connectivity index (χ0) is 10.8. The van der Waals surface area contributed by atoms with Gasteiger partial charge in [0.25, 0.3) is 0 Å². The maximum atomic E-state index is 5.57. The average Bonchev–Trinajstić information content (AvgIpc) is 2.82. The summed E-state index contributed by atoms with van der Waals surface area (Å²) in [4.78, 5) is 1.28. The van der Waals surface area contributed by atoms with E-state index in [0.29, 0.717) is 18.5 Å². The van der Waals surface area contributed by atoms with Gasteiger partial charge in [0.2, 0.25) is 0 Å². The highest BCUT2D eigenvalue weighted by molar-refractivity contribution is 8.00. The van der Waals surface area contributed by atoms with Crippen molar-refractivity contribution in [2.75, 3.05) is 26.3 Å². The van der Waals surface area contributed by atoms with Crippen molar-refractivity contribution in [3.63, 3.8) is 0 Å². The van der Waals surface area contributed by atoms with Crippen LogP contribution in [0.4, 0.5) is 0 Å². The third-order valence-corrected chi connectivity index (χ3v) is 4.09. The predicted molar refractivity (Wildman–Crippen MR) is 64.6 cm³/mol. The average molecular weight is 237 g/mol. The van der Waals surface area contributed by atoms with Crippen LogP contribution < -0.4 is 14.8 Å². The third kappa shape index (κ3) is 2.13. The molecule has 1 unspecified atom stereocenters. The van der Waals surface area contributed by atoms with Crippen LogP contribution >= 0.6 is 11.8 Å². The topological polar surface area (TPSA) is 30.5 Å². The van der Waals surface area contributed by atoms with Crippen molar-refractivity contribution in [1.29, 1.82) is 0 Å².